The Labute approximate surface area is 155 Å². The summed E-state index contributed by atoms with van der Waals surface area (Å²) in [7, 11) is -0.395. The number of likely N-dealkylation sites (tertiary alicyclic amines) is 1. The smallest absolute Gasteiger partial charge is 0.281 e. The van der Waals surface area contributed by atoms with Crippen LogP contribution in [-0.2, 0) is 16.8 Å². The Balaban J connectivity index is 1.71. The first kappa shape index (κ1) is 19.3. The standard InChI is InChI=1S/C18H26N4O3S/c1-20(2)26(24,25)22-9-7-18(23)6-8-21(13-17(18)14-22)12-16-5-3-4-15(10-16)11-19/h3-5,10,17,23H,6-9,12-14H2,1-2H3/t17-,18-/m1/s1. The molecule has 0 spiro atoms. The van der Waals surface area contributed by atoms with Crippen molar-refractivity contribution in [1.82, 2.24) is 13.5 Å². The maximum absolute atomic E-state index is 12.4. The van der Waals surface area contributed by atoms with E-state index < -0.39 is 15.8 Å². The molecule has 7 nitrogen and oxygen atoms in total. The Morgan fingerprint density at radius 2 is 2.04 bits per heavy atom. The summed E-state index contributed by atoms with van der Waals surface area (Å²) in [5.74, 6) is -0.112. The summed E-state index contributed by atoms with van der Waals surface area (Å²) in [4.78, 5) is 2.24. The van der Waals surface area contributed by atoms with Gasteiger partial charge in [0.15, 0.2) is 0 Å². The summed E-state index contributed by atoms with van der Waals surface area (Å²) in [5.41, 5.74) is 0.906. The molecule has 1 N–H and O–H groups in total. The fourth-order valence-corrected chi connectivity index (χ4v) is 5.07. The predicted octanol–water partition coefficient (Wildman–Crippen LogP) is 0.623. The summed E-state index contributed by atoms with van der Waals surface area (Å²) in [6.45, 7) is 2.81. The van der Waals surface area contributed by atoms with Crippen molar-refractivity contribution >= 4 is 10.2 Å². The zero-order valence-corrected chi connectivity index (χ0v) is 16.1. The van der Waals surface area contributed by atoms with Crippen LogP contribution in [0, 0.1) is 17.2 Å². The second-order valence-electron chi connectivity index (χ2n) is 7.50. The van der Waals surface area contributed by atoms with Crippen LogP contribution in [0.2, 0.25) is 0 Å². The van der Waals surface area contributed by atoms with Gasteiger partial charge in [0.05, 0.1) is 17.2 Å². The maximum atomic E-state index is 12.4. The number of piperidine rings is 2. The van der Waals surface area contributed by atoms with Crippen LogP contribution in [0.15, 0.2) is 24.3 Å². The lowest BCUT2D eigenvalue weighted by molar-refractivity contribution is -0.103. The largest absolute Gasteiger partial charge is 0.389 e. The molecule has 0 radical (unpaired) electrons. The van der Waals surface area contributed by atoms with E-state index in [9.17, 15) is 13.5 Å². The van der Waals surface area contributed by atoms with E-state index in [4.69, 9.17) is 5.26 Å². The average Bonchev–Trinajstić information content (AvgIpc) is 2.61. The number of nitriles is 1. The summed E-state index contributed by atoms with van der Waals surface area (Å²) in [6.07, 6.45) is 1.12. The van der Waals surface area contributed by atoms with Gasteiger partial charge in [-0.05, 0) is 30.5 Å². The molecule has 26 heavy (non-hydrogen) atoms. The summed E-state index contributed by atoms with van der Waals surface area (Å²) < 4.78 is 27.6. The molecule has 2 saturated heterocycles. The first-order valence-corrected chi connectivity index (χ1v) is 10.3. The van der Waals surface area contributed by atoms with Gasteiger partial charge in [0.2, 0.25) is 0 Å². The van der Waals surface area contributed by atoms with Crippen molar-refractivity contribution in [2.45, 2.75) is 25.0 Å². The normalized spacial score (nSPS) is 27.9. The van der Waals surface area contributed by atoms with E-state index in [0.717, 1.165) is 12.1 Å². The van der Waals surface area contributed by atoms with Gasteiger partial charge in [0, 0.05) is 52.7 Å². The highest BCUT2D eigenvalue weighted by molar-refractivity contribution is 7.86. The highest BCUT2D eigenvalue weighted by Gasteiger charge is 2.47. The number of benzene rings is 1. The molecule has 2 aliphatic rings. The molecule has 0 aromatic heterocycles. The van der Waals surface area contributed by atoms with E-state index in [2.05, 4.69) is 11.0 Å². The topological polar surface area (TPSA) is 87.9 Å². The highest BCUT2D eigenvalue weighted by atomic mass is 32.2. The molecule has 0 amide bonds. The number of fused-ring (bicyclic) bond motifs is 1. The fourth-order valence-electron chi connectivity index (χ4n) is 3.92. The molecule has 3 rings (SSSR count). The number of rotatable bonds is 4. The lowest BCUT2D eigenvalue weighted by Crippen LogP contribution is -2.61. The van der Waals surface area contributed by atoms with Crippen molar-refractivity contribution in [3.8, 4) is 6.07 Å². The molecule has 142 valence electrons. The van der Waals surface area contributed by atoms with Crippen LogP contribution in [0.25, 0.3) is 0 Å². The molecule has 2 atom stereocenters. The highest BCUT2D eigenvalue weighted by Crippen LogP contribution is 2.36. The van der Waals surface area contributed by atoms with Crippen LogP contribution in [0.1, 0.15) is 24.0 Å². The van der Waals surface area contributed by atoms with Gasteiger partial charge >= 0.3 is 0 Å². The maximum Gasteiger partial charge on any atom is 0.281 e. The molecule has 0 unspecified atom stereocenters. The first-order chi connectivity index (χ1) is 12.2. The molecular formula is C18H26N4O3S. The Bertz CT molecular complexity index is 805. The van der Waals surface area contributed by atoms with Gasteiger partial charge in [-0.15, -0.1) is 0 Å². The molecule has 0 saturated carbocycles. The third-order valence-electron chi connectivity index (χ3n) is 5.57. The fraction of sp³-hybridized carbons (Fsp3) is 0.611. The molecule has 0 bridgehead atoms. The van der Waals surface area contributed by atoms with E-state index >= 15 is 0 Å². The van der Waals surface area contributed by atoms with Gasteiger partial charge in [-0.3, -0.25) is 4.90 Å². The van der Waals surface area contributed by atoms with Gasteiger partial charge in [-0.25, -0.2) is 0 Å². The van der Waals surface area contributed by atoms with Gasteiger partial charge < -0.3 is 5.11 Å². The average molecular weight is 378 g/mol. The quantitative estimate of drug-likeness (QED) is 0.830. The first-order valence-electron chi connectivity index (χ1n) is 8.86. The van der Waals surface area contributed by atoms with Gasteiger partial charge in [-0.1, -0.05) is 12.1 Å². The lowest BCUT2D eigenvalue weighted by atomic mass is 9.76. The molecule has 0 aliphatic carbocycles. The van der Waals surface area contributed by atoms with Gasteiger partial charge in [0.1, 0.15) is 0 Å². The molecule has 8 heteroatoms. The monoisotopic (exact) mass is 378 g/mol. The summed E-state index contributed by atoms with van der Waals surface area (Å²) in [5, 5.41) is 20.0. The minimum atomic E-state index is -3.46. The third kappa shape index (κ3) is 3.77. The number of aliphatic hydroxyl groups is 1. The summed E-state index contributed by atoms with van der Waals surface area (Å²) >= 11 is 0. The van der Waals surface area contributed by atoms with Crippen LogP contribution in [0.5, 0.6) is 0 Å². The minimum absolute atomic E-state index is 0.112. The molecule has 1 aromatic carbocycles. The predicted molar refractivity (Wildman–Crippen MR) is 98.3 cm³/mol. The van der Waals surface area contributed by atoms with Crippen molar-refractivity contribution in [1.29, 1.82) is 5.26 Å². The van der Waals surface area contributed by atoms with Crippen LogP contribution >= 0.6 is 0 Å². The van der Waals surface area contributed by atoms with Crippen LogP contribution in [-0.4, -0.2) is 72.9 Å². The van der Waals surface area contributed by atoms with Crippen molar-refractivity contribution in [2.24, 2.45) is 5.92 Å². The van der Waals surface area contributed by atoms with Crippen molar-refractivity contribution < 1.29 is 13.5 Å². The Morgan fingerprint density at radius 1 is 1.31 bits per heavy atom. The summed E-state index contributed by atoms with van der Waals surface area (Å²) in [6, 6.07) is 9.68. The SMILES string of the molecule is CN(C)S(=O)(=O)N1CC[C@]2(O)CCN(Cc3cccc(C#N)c3)C[C@@H]2C1. The lowest BCUT2D eigenvalue weighted by Gasteiger charge is -2.50. The van der Waals surface area contributed by atoms with Crippen molar-refractivity contribution in [3.05, 3.63) is 35.4 Å². The van der Waals surface area contributed by atoms with Crippen molar-refractivity contribution in [2.75, 3.05) is 40.3 Å². The number of hydrogen-bond donors (Lipinski definition) is 1. The molecule has 2 heterocycles. The van der Waals surface area contributed by atoms with E-state index in [0.29, 0.717) is 44.6 Å². The Hall–Kier alpha value is -1.50. The molecule has 1 aromatic rings. The van der Waals surface area contributed by atoms with Crippen LogP contribution in [0.4, 0.5) is 0 Å². The second-order valence-corrected chi connectivity index (χ2v) is 9.64. The van der Waals surface area contributed by atoms with Crippen molar-refractivity contribution in [3.63, 3.8) is 0 Å². The Kier molecular flexibility index (Phi) is 5.37. The third-order valence-corrected chi connectivity index (χ3v) is 7.47. The molecular weight excluding hydrogens is 352 g/mol. The molecule has 2 aliphatic heterocycles. The van der Waals surface area contributed by atoms with E-state index in [-0.39, 0.29) is 5.92 Å². The number of nitrogens with zero attached hydrogens (tertiary/aromatic N) is 4. The van der Waals surface area contributed by atoms with Crippen LogP contribution < -0.4 is 0 Å². The van der Waals surface area contributed by atoms with E-state index in [1.165, 1.54) is 22.7 Å². The Morgan fingerprint density at radius 3 is 2.73 bits per heavy atom. The number of hydrogen-bond acceptors (Lipinski definition) is 5. The minimum Gasteiger partial charge on any atom is -0.389 e. The zero-order valence-electron chi connectivity index (χ0n) is 15.3. The van der Waals surface area contributed by atoms with Gasteiger partial charge in [0.25, 0.3) is 10.2 Å². The second kappa shape index (κ2) is 7.25. The molecule has 2 fully saturated rings. The van der Waals surface area contributed by atoms with E-state index in [1.807, 2.05) is 18.2 Å². The van der Waals surface area contributed by atoms with Crippen LogP contribution in [0.3, 0.4) is 0 Å². The van der Waals surface area contributed by atoms with Gasteiger partial charge in [-0.2, -0.15) is 22.3 Å². The zero-order chi connectivity index (χ0) is 18.9. The van der Waals surface area contributed by atoms with E-state index in [1.54, 1.807) is 6.07 Å².